The summed E-state index contributed by atoms with van der Waals surface area (Å²) < 4.78 is 5.35. The molecule has 0 spiro atoms. The molecule has 174 valence electrons. The maximum atomic E-state index is 13.5. The van der Waals surface area contributed by atoms with Gasteiger partial charge in [-0.2, -0.15) is 0 Å². The molecule has 0 saturated carbocycles. The van der Waals surface area contributed by atoms with Gasteiger partial charge in [0.1, 0.15) is 12.3 Å². The minimum atomic E-state index is -0.321. The molecule has 6 nitrogen and oxygen atoms in total. The van der Waals surface area contributed by atoms with E-state index in [0.717, 1.165) is 16.9 Å². The van der Waals surface area contributed by atoms with Crippen molar-refractivity contribution in [2.24, 2.45) is 0 Å². The molecule has 7 heteroatoms. The summed E-state index contributed by atoms with van der Waals surface area (Å²) in [7, 11) is 1.56. The first kappa shape index (κ1) is 24.3. The van der Waals surface area contributed by atoms with Gasteiger partial charge in [-0.3, -0.25) is 4.79 Å². The van der Waals surface area contributed by atoms with Crippen molar-refractivity contribution in [3.63, 3.8) is 0 Å². The lowest BCUT2D eigenvalue weighted by Gasteiger charge is -2.31. The number of urea groups is 1. The number of carbonyl (C=O) groups is 2. The number of nitrogens with one attached hydrogen (secondary N) is 1. The minimum Gasteiger partial charge on any atom is -0.495 e. The Morgan fingerprint density at radius 3 is 2.39 bits per heavy atom. The number of rotatable bonds is 10. The highest BCUT2D eigenvalue weighted by molar-refractivity contribution is 7.09. The Morgan fingerprint density at radius 2 is 1.73 bits per heavy atom. The van der Waals surface area contributed by atoms with E-state index in [1.54, 1.807) is 35.5 Å². The summed E-state index contributed by atoms with van der Waals surface area (Å²) in [6.45, 7) is 4.95. The number of amides is 3. The lowest BCUT2D eigenvalue weighted by Crippen LogP contribution is -2.47. The van der Waals surface area contributed by atoms with Crippen molar-refractivity contribution in [1.29, 1.82) is 0 Å². The van der Waals surface area contributed by atoms with E-state index in [-0.39, 0.29) is 24.5 Å². The molecule has 1 unspecified atom stereocenters. The van der Waals surface area contributed by atoms with Crippen LogP contribution in [0, 0.1) is 0 Å². The highest BCUT2D eigenvalue weighted by atomic mass is 32.1. The Balaban J connectivity index is 1.78. The molecule has 3 rings (SSSR count). The fourth-order valence-corrected chi connectivity index (χ4v) is 4.17. The Hall–Kier alpha value is -3.32. The first-order valence-corrected chi connectivity index (χ1v) is 11.9. The van der Waals surface area contributed by atoms with Crippen LogP contribution in [-0.4, -0.2) is 41.4 Å². The average Bonchev–Trinajstić information content (AvgIpc) is 3.35. The summed E-state index contributed by atoms with van der Waals surface area (Å²) in [5.41, 5.74) is 1.63. The third-order valence-corrected chi connectivity index (χ3v) is 6.39. The second kappa shape index (κ2) is 12.1. The molecule has 0 aliphatic carbocycles. The molecule has 2 aromatic carbocycles. The van der Waals surface area contributed by atoms with Crippen molar-refractivity contribution in [3.05, 3.63) is 82.6 Å². The molecular weight excluding hydrogens is 434 g/mol. The average molecular weight is 466 g/mol. The summed E-state index contributed by atoms with van der Waals surface area (Å²) in [5.74, 6) is 0.479. The van der Waals surface area contributed by atoms with Gasteiger partial charge in [0.25, 0.3) is 0 Å². The molecule has 1 atom stereocenters. The van der Waals surface area contributed by atoms with Crippen LogP contribution in [0.4, 0.5) is 10.5 Å². The number of hydrogen-bond donors (Lipinski definition) is 1. The molecule has 3 aromatic rings. The van der Waals surface area contributed by atoms with Crippen LogP contribution in [0.15, 0.2) is 72.1 Å². The van der Waals surface area contributed by atoms with Gasteiger partial charge in [0.15, 0.2) is 0 Å². The zero-order chi connectivity index (χ0) is 23.6. The van der Waals surface area contributed by atoms with Gasteiger partial charge in [0.2, 0.25) is 5.91 Å². The van der Waals surface area contributed by atoms with Crippen LogP contribution < -0.4 is 10.1 Å². The van der Waals surface area contributed by atoms with Crippen LogP contribution in [0.5, 0.6) is 5.75 Å². The molecular formula is C26H31N3O3S. The first-order chi connectivity index (χ1) is 16.0. The number of anilines is 1. The summed E-state index contributed by atoms with van der Waals surface area (Å²) in [4.78, 5) is 31.2. The predicted octanol–water partition coefficient (Wildman–Crippen LogP) is 5.62. The minimum absolute atomic E-state index is 0.00576. The molecule has 1 aromatic heterocycles. The monoisotopic (exact) mass is 465 g/mol. The molecule has 1 N–H and O–H groups in total. The summed E-state index contributed by atoms with van der Waals surface area (Å²) in [6, 6.07) is 20.7. The van der Waals surface area contributed by atoms with Crippen LogP contribution in [0.25, 0.3) is 0 Å². The predicted molar refractivity (Wildman–Crippen MR) is 133 cm³/mol. The van der Waals surface area contributed by atoms with Crippen molar-refractivity contribution >= 4 is 29.0 Å². The standard InChI is InChI=1S/C26H31N3O3S/c1-4-20(2)29(26(31)27-23-14-8-9-15-24(23)32-3)19-25(30)28(18-22-13-10-16-33-22)17-21-11-6-5-7-12-21/h5-16,20H,4,17-19H2,1-3H3,(H,27,31). The van der Waals surface area contributed by atoms with Gasteiger partial charge in [0.05, 0.1) is 19.3 Å². The van der Waals surface area contributed by atoms with Gasteiger partial charge in [-0.25, -0.2) is 4.79 Å². The second-order valence-corrected chi connectivity index (χ2v) is 8.86. The van der Waals surface area contributed by atoms with Crippen LogP contribution in [0.3, 0.4) is 0 Å². The van der Waals surface area contributed by atoms with Crippen LogP contribution in [0.2, 0.25) is 0 Å². The molecule has 33 heavy (non-hydrogen) atoms. The maximum absolute atomic E-state index is 13.5. The number of hydrogen-bond acceptors (Lipinski definition) is 4. The number of methoxy groups -OCH3 is 1. The fourth-order valence-electron chi connectivity index (χ4n) is 3.46. The highest BCUT2D eigenvalue weighted by Crippen LogP contribution is 2.24. The van der Waals surface area contributed by atoms with Crippen molar-refractivity contribution in [2.75, 3.05) is 19.0 Å². The number of benzene rings is 2. The summed E-state index contributed by atoms with van der Waals surface area (Å²) in [6.07, 6.45) is 0.732. The third kappa shape index (κ3) is 6.83. The Kier molecular flexibility index (Phi) is 8.89. The van der Waals surface area contributed by atoms with E-state index >= 15 is 0 Å². The molecule has 0 bridgehead atoms. The number of carbonyl (C=O) groups excluding carboxylic acids is 2. The quantitative estimate of drug-likeness (QED) is 0.423. The largest absolute Gasteiger partial charge is 0.495 e. The van der Waals surface area contributed by atoms with Gasteiger partial charge in [-0.15, -0.1) is 11.3 Å². The number of para-hydroxylation sites is 2. The third-order valence-electron chi connectivity index (χ3n) is 5.53. The lowest BCUT2D eigenvalue weighted by atomic mass is 10.2. The van der Waals surface area contributed by atoms with E-state index in [4.69, 9.17) is 4.74 Å². The topological polar surface area (TPSA) is 61.9 Å². The number of thiophene rings is 1. The molecule has 1 heterocycles. The van der Waals surface area contributed by atoms with Crippen LogP contribution in [0.1, 0.15) is 30.7 Å². The van der Waals surface area contributed by atoms with Gasteiger partial charge in [-0.1, -0.05) is 55.5 Å². The van der Waals surface area contributed by atoms with Gasteiger partial charge in [-0.05, 0) is 42.5 Å². The summed E-state index contributed by atoms with van der Waals surface area (Å²) >= 11 is 1.62. The van der Waals surface area contributed by atoms with E-state index in [2.05, 4.69) is 5.32 Å². The highest BCUT2D eigenvalue weighted by Gasteiger charge is 2.26. The maximum Gasteiger partial charge on any atom is 0.322 e. The van der Waals surface area contributed by atoms with E-state index in [1.165, 1.54) is 0 Å². The summed E-state index contributed by atoms with van der Waals surface area (Å²) in [5, 5.41) is 4.92. The zero-order valence-electron chi connectivity index (χ0n) is 19.4. The van der Waals surface area contributed by atoms with Crippen molar-refractivity contribution in [3.8, 4) is 5.75 Å². The zero-order valence-corrected chi connectivity index (χ0v) is 20.2. The molecule has 0 aliphatic rings. The van der Waals surface area contributed by atoms with Crippen LogP contribution >= 0.6 is 11.3 Å². The SMILES string of the molecule is CCC(C)N(CC(=O)N(Cc1ccccc1)Cc1cccs1)C(=O)Nc1ccccc1OC. The number of ether oxygens (including phenoxy) is 1. The van der Waals surface area contributed by atoms with Crippen molar-refractivity contribution < 1.29 is 14.3 Å². The van der Waals surface area contributed by atoms with E-state index in [9.17, 15) is 9.59 Å². The molecule has 3 amide bonds. The van der Waals surface area contributed by atoms with Gasteiger partial charge < -0.3 is 19.9 Å². The van der Waals surface area contributed by atoms with Crippen molar-refractivity contribution in [2.45, 2.75) is 39.4 Å². The molecule has 0 fully saturated rings. The Labute approximate surface area is 199 Å². The van der Waals surface area contributed by atoms with E-state index < -0.39 is 0 Å². The van der Waals surface area contributed by atoms with E-state index in [1.807, 2.05) is 78.7 Å². The lowest BCUT2D eigenvalue weighted by molar-refractivity contribution is -0.133. The second-order valence-electron chi connectivity index (χ2n) is 7.83. The smallest absolute Gasteiger partial charge is 0.322 e. The van der Waals surface area contributed by atoms with E-state index in [0.29, 0.717) is 24.5 Å². The van der Waals surface area contributed by atoms with Crippen LogP contribution in [-0.2, 0) is 17.9 Å². The normalized spacial score (nSPS) is 11.5. The molecule has 0 aliphatic heterocycles. The molecule has 0 saturated heterocycles. The first-order valence-electron chi connectivity index (χ1n) is 11.1. The number of nitrogens with zero attached hydrogens (tertiary/aromatic N) is 2. The Morgan fingerprint density at radius 1 is 1.00 bits per heavy atom. The van der Waals surface area contributed by atoms with Crippen molar-refractivity contribution in [1.82, 2.24) is 9.80 Å². The van der Waals surface area contributed by atoms with Gasteiger partial charge in [0, 0.05) is 17.5 Å². The molecule has 0 radical (unpaired) electrons. The van der Waals surface area contributed by atoms with Gasteiger partial charge >= 0.3 is 6.03 Å². The fraction of sp³-hybridized carbons (Fsp3) is 0.308. The Bertz CT molecular complexity index is 1020.